The molecule has 28 heavy (non-hydrogen) atoms. The molecule has 0 spiro atoms. The fraction of sp³-hybridized carbons (Fsp3) is 0.143. The maximum atomic E-state index is 2.29. The zero-order valence-corrected chi connectivity index (χ0v) is 16.9. The van der Waals surface area contributed by atoms with E-state index in [1.807, 2.05) is 0 Å². The van der Waals surface area contributed by atoms with E-state index in [1.165, 1.54) is 64.0 Å². The summed E-state index contributed by atoms with van der Waals surface area (Å²) in [6.07, 6.45) is 0. The highest BCUT2D eigenvalue weighted by molar-refractivity contribution is 5.44. The molecule has 0 N–H and O–H groups in total. The van der Waals surface area contributed by atoms with Crippen LogP contribution in [0.5, 0.6) is 0 Å². The van der Waals surface area contributed by atoms with Gasteiger partial charge in [-0.05, 0) is 91.7 Å². The Kier molecular flexibility index (Phi) is 3.77. The molecule has 0 fully saturated rings. The molecule has 0 nitrogen and oxygen atoms in total. The highest BCUT2D eigenvalue weighted by Gasteiger charge is 2.09. The van der Waals surface area contributed by atoms with E-state index in [-0.39, 0.29) is 0 Å². The Labute approximate surface area is 164 Å². The van der Waals surface area contributed by atoms with Gasteiger partial charge in [0.2, 0.25) is 0 Å². The minimum atomic E-state index is 1.31. The van der Waals surface area contributed by atoms with Gasteiger partial charge in [-0.2, -0.15) is 0 Å². The highest BCUT2D eigenvalue weighted by atomic mass is 14.1. The lowest BCUT2D eigenvalue weighted by atomic mass is 9.91. The van der Waals surface area contributed by atoms with Crippen LogP contribution in [0.25, 0.3) is 0 Å². The Balaban J connectivity index is 2.51. The molecule has 1 aliphatic carbocycles. The Morgan fingerprint density at radius 2 is 0.571 bits per heavy atom. The second kappa shape index (κ2) is 6.21. The fourth-order valence-corrected chi connectivity index (χ4v) is 4.81. The predicted molar refractivity (Wildman–Crippen MR) is 115 cm³/mol. The summed E-state index contributed by atoms with van der Waals surface area (Å²) in [5.41, 5.74) is 5.58. The van der Waals surface area contributed by atoms with Crippen molar-refractivity contribution in [3.63, 3.8) is 0 Å². The minimum absolute atomic E-state index is 1.31. The SMILES string of the molecule is Cc1c(C)c(C)c2c(c1C)=c1ccccc1=c1ccccc1=c1ccccc1=2. The average molecular weight is 361 g/mol. The molecule has 0 unspecified atom stereocenters. The van der Waals surface area contributed by atoms with Crippen LogP contribution in [0.1, 0.15) is 22.3 Å². The van der Waals surface area contributed by atoms with Crippen molar-refractivity contribution in [1.82, 2.24) is 0 Å². The van der Waals surface area contributed by atoms with Crippen LogP contribution < -0.4 is 0 Å². The van der Waals surface area contributed by atoms with Gasteiger partial charge < -0.3 is 0 Å². The van der Waals surface area contributed by atoms with Crippen molar-refractivity contribution in [2.24, 2.45) is 0 Å². The second-order valence-electron chi connectivity index (χ2n) is 7.89. The normalized spacial score (nSPS) is 11.6. The van der Waals surface area contributed by atoms with E-state index in [1.54, 1.807) is 0 Å². The summed E-state index contributed by atoms with van der Waals surface area (Å²) < 4.78 is 0. The van der Waals surface area contributed by atoms with Gasteiger partial charge in [0, 0.05) is 0 Å². The van der Waals surface area contributed by atoms with Gasteiger partial charge in [-0.25, -0.2) is 0 Å². The Hall–Kier alpha value is -3.12. The Morgan fingerprint density at radius 1 is 0.321 bits per heavy atom. The van der Waals surface area contributed by atoms with E-state index in [0.717, 1.165) is 0 Å². The number of hydrogen-bond acceptors (Lipinski definition) is 0. The molecule has 0 aromatic heterocycles. The molecule has 0 heteroatoms. The summed E-state index contributed by atoms with van der Waals surface area (Å²) in [5.74, 6) is 0. The van der Waals surface area contributed by atoms with Crippen molar-refractivity contribution in [3.05, 3.63) is 137 Å². The number of hydrogen-bond donors (Lipinski definition) is 0. The minimum Gasteiger partial charge on any atom is -0.0616 e. The first-order valence-electron chi connectivity index (χ1n) is 9.98. The molecule has 0 atom stereocenters. The van der Waals surface area contributed by atoms with Crippen LogP contribution in [0.15, 0.2) is 72.8 Å². The van der Waals surface area contributed by atoms with Gasteiger partial charge in [-0.1, -0.05) is 72.8 Å². The fourth-order valence-electron chi connectivity index (χ4n) is 4.81. The third-order valence-electron chi connectivity index (χ3n) is 6.59. The summed E-state index contributed by atoms with van der Waals surface area (Å²) in [6, 6.07) is 26.6. The summed E-state index contributed by atoms with van der Waals surface area (Å²) in [5, 5.41) is 10.7. The number of rotatable bonds is 0. The first kappa shape index (κ1) is 17.0. The first-order valence-corrected chi connectivity index (χ1v) is 9.98. The first-order chi connectivity index (χ1) is 13.6. The molecule has 5 rings (SSSR count). The molecule has 0 bridgehead atoms. The summed E-state index contributed by atoms with van der Waals surface area (Å²) in [6.45, 7) is 9.10. The van der Waals surface area contributed by atoms with Gasteiger partial charge in [-0.3, -0.25) is 0 Å². The number of fused-ring (bicyclic) bond motifs is 4. The Bertz CT molecular complexity index is 1520. The molecular weight excluding hydrogens is 336 g/mol. The van der Waals surface area contributed by atoms with Crippen LogP contribution in [-0.4, -0.2) is 0 Å². The topological polar surface area (TPSA) is 0 Å². The van der Waals surface area contributed by atoms with Crippen LogP contribution in [0, 0.1) is 69.4 Å². The molecular formula is C28H24. The van der Waals surface area contributed by atoms with Gasteiger partial charge >= 0.3 is 0 Å². The molecule has 0 saturated heterocycles. The third-order valence-corrected chi connectivity index (χ3v) is 6.59. The predicted octanol–water partition coefficient (Wildman–Crippen LogP) is 6.38. The molecule has 0 aliphatic heterocycles. The van der Waals surface area contributed by atoms with E-state index in [4.69, 9.17) is 0 Å². The zero-order valence-electron chi connectivity index (χ0n) is 16.9. The molecule has 136 valence electrons. The lowest BCUT2D eigenvalue weighted by molar-refractivity contribution is 1.14. The van der Waals surface area contributed by atoms with Crippen molar-refractivity contribution in [3.8, 4) is 0 Å². The molecule has 4 aromatic carbocycles. The zero-order chi connectivity index (χ0) is 19.4. The summed E-state index contributed by atoms with van der Waals surface area (Å²) >= 11 is 0. The van der Waals surface area contributed by atoms with Crippen molar-refractivity contribution in [2.45, 2.75) is 27.7 Å². The van der Waals surface area contributed by atoms with Crippen LogP contribution in [0.2, 0.25) is 0 Å². The molecule has 0 saturated carbocycles. The van der Waals surface area contributed by atoms with Gasteiger partial charge in [-0.15, -0.1) is 0 Å². The molecule has 0 heterocycles. The van der Waals surface area contributed by atoms with Crippen molar-refractivity contribution < 1.29 is 0 Å². The van der Waals surface area contributed by atoms with E-state index in [9.17, 15) is 0 Å². The van der Waals surface area contributed by atoms with Crippen molar-refractivity contribution >= 4 is 0 Å². The van der Waals surface area contributed by atoms with Gasteiger partial charge in [0.25, 0.3) is 0 Å². The lowest BCUT2D eigenvalue weighted by Crippen LogP contribution is -1.99. The van der Waals surface area contributed by atoms with Crippen LogP contribution in [-0.2, 0) is 0 Å². The molecule has 0 radical (unpaired) electrons. The standard InChI is InChI=1S/C28H24/c1-17-18(2)20(4)28-26-16-10-8-14-24(26)22-12-6-5-11-21(22)23-13-7-9-15-25(23)27(28)19(17)3/h5-16H,1-4H3. The Morgan fingerprint density at radius 3 is 0.893 bits per heavy atom. The molecule has 1 aliphatic rings. The maximum absolute atomic E-state index is 2.29. The van der Waals surface area contributed by atoms with Gasteiger partial charge in [0.15, 0.2) is 0 Å². The van der Waals surface area contributed by atoms with Gasteiger partial charge in [0.1, 0.15) is 0 Å². The summed E-state index contributed by atoms with van der Waals surface area (Å²) in [7, 11) is 0. The molecule has 4 aromatic rings. The average Bonchev–Trinajstić information content (AvgIpc) is 2.74. The largest absolute Gasteiger partial charge is 0.0616 e. The van der Waals surface area contributed by atoms with Crippen LogP contribution >= 0.6 is 0 Å². The third kappa shape index (κ3) is 2.24. The quantitative estimate of drug-likeness (QED) is 0.300. The molecule has 0 amide bonds. The van der Waals surface area contributed by atoms with E-state index < -0.39 is 0 Å². The van der Waals surface area contributed by atoms with Crippen molar-refractivity contribution in [2.75, 3.05) is 0 Å². The van der Waals surface area contributed by atoms with Crippen LogP contribution in [0.3, 0.4) is 0 Å². The van der Waals surface area contributed by atoms with E-state index >= 15 is 0 Å². The monoisotopic (exact) mass is 360 g/mol. The number of benzene rings is 4. The van der Waals surface area contributed by atoms with E-state index in [0.29, 0.717) is 0 Å². The van der Waals surface area contributed by atoms with Crippen LogP contribution in [0.4, 0.5) is 0 Å². The van der Waals surface area contributed by atoms with Crippen molar-refractivity contribution in [1.29, 1.82) is 0 Å². The second-order valence-corrected chi connectivity index (χ2v) is 7.89. The van der Waals surface area contributed by atoms with E-state index in [2.05, 4.69) is 100 Å². The smallest absolute Gasteiger partial charge is 0.00642 e. The van der Waals surface area contributed by atoms with Gasteiger partial charge in [0.05, 0.1) is 0 Å². The summed E-state index contributed by atoms with van der Waals surface area (Å²) in [4.78, 5) is 0. The highest BCUT2D eigenvalue weighted by Crippen LogP contribution is 2.23. The maximum Gasteiger partial charge on any atom is -0.00642 e. The lowest BCUT2D eigenvalue weighted by Gasteiger charge is -2.13.